The topological polar surface area (TPSA) is 91.8 Å². The Balaban J connectivity index is 0.000000550. The van der Waals surface area contributed by atoms with Crippen LogP contribution in [0.25, 0.3) is 0 Å². The highest BCUT2D eigenvalue weighted by Gasteiger charge is 2.31. The van der Waals surface area contributed by atoms with Gasteiger partial charge in [-0.2, -0.15) is 0 Å². The molecular weight excluding hydrogens is 337 g/mol. The van der Waals surface area contributed by atoms with Crippen molar-refractivity contribution in [2.24, 2.45) is 0 Å². The van der Waals surface area contributed by atoms with Crippen LogP contribution in [0.15, 0.2) is 42.9 Å². The quantitative estimate of drug-likeness (QED) is 0.883. The van der Waals surface area contributed by atoms with Gasteiger partial charge in [-0.25, -0.2) is 9.97 Å². The number of hydrogen-bond donors (Lipinski definition) is 2. The van der Waals surface area contributed by atoms with Gasteiger partial charge in [0.05, 0.1) is 5.54 Å². The summed E-state index contributed by atoms with van der Waals surface area (Å²) >= 11 is 0. The molecule has 0 spiro atoms. The monoisotopic (exact) mass is 357 g/mol. The Hall–Kier alpha value is -2.68. The summed E-state index contributed by atoms with van der Waals surface area (Å²) in [7, 11) is 0. The number of quaternary nitrogens is 1. The number of aromatic nitrogens is 2. The van der Waals surface area contributed by atoms with Gasteiger partial charge >= 0.3 is 6.36 Å². The van der Waals surface area contributed by atoms with Gasteiger partial charge < -0.3 is 15.8 Å². The molecule has 0 saturated heterocycles. The van der Waals surface area contributed by atoms with Gasteiger partial charge in [0, 0.05) is 18.0 Å². The predicted molar refractivity (Wildman–Crippen MR) is 85.8 cm³/mol. The van der Waals surface area contributed by atoms with Crippen molar-refractivity contribution in [1.82, 2.24) is 9.97 Å². The van der Waals surface area contributed by atoms with E-state index in [0.29, 0.717) is 0 Å². The summed E-state index contributed by atoms with van der Waals surface area (Å²) < 4.78 is 40.0. The first-order valence-electron chi connectivity index (χ1n) is 7.22. The highest BCUT2D eigenvalue weighted by atomic mass is 19.4. The Labute approximate surface area is 143 Å². The second kappa shape index (κ2) is 8.43. The molecule has 25 heavy (non-hydrogen) atoms. The molecule has 0 aliphatic rings. The third-order valence-corrected chi connectivity index (χ3v) is 2.14. The van der Waals surface area contributed by atoms with Crippen LogP contribution in [0.4, 0.5) is 18.9 Å². The number of rotatable bonds is 3. The molecule has 0 saturated carbocycles. The van der Waals surface area contributed by atoms with E-state index in [1.54, 1.807) is 0 Å². The number of ether oxygens (including phenoxy) is 1. The molecule has 6 nitrogen and oxygen atoms in total. The van der Waals surface area contributed by atoms with Crippen LogP contribution < -0.4 is 15.8 Å². The number of nitrogens with one attached hydrogen (secondary N) is 1. The van der Waals surface area contributed by atoms with E-state index < -0.39 is 18.0 Å². The molecule has 2 rings (SSSR count). The van der Waals surface area contributed by atoms with Gasteiger partial charge in [-0.3, -0.25) is 4.79 Å². The van der Waals surface area contributed by atoms with Crippen molar-refractivity contribution in [2.45, 2.75) is 32.7 Å². The molecule has 1 heterocycles. The van der Waals surface area contributed by atoms with Crippen molar-refractivity contribution in [3.8, 4) is 5.75 Å². The Morgan fingerprint density at radius 3 is 2.36 bits per heavy atom. The number of carbonyl (C=O) groups excluding carboxylic acids is 1. The number of benzene rings is 1. The van der Waals surface area contributed by atoms with Crippen LogP contribution in [0.2, 0.25) is 0 Å². The number of amides is 1. The minimum Gasteiger partial charge on any atom is -0.406 e. The first-order chi connectivity index (χ1) is 11.4. The summed E-state index contributed by atoms with van der Waals surface area (Å²) in [5.41, 5.74) is 4.28. The van der Waals surface area contributed by atoms with Gasteiger partial charge in [0.2, 0.25) is 0 Å². The summed E-state index contributed by atoms with van der Waals surface area (Å²) in [6.07, 6.45) is -2.21. The first kappa shape index (κ1) is 20.4. The Morgan fingerprint density at radius 2 is 1.84 bits per heavy atom. The molecule has 0 radical (unpaired) electrons. The second-order valence-corrected chi connectivity index (χ2v) is 6.19. The number of nitrogens with zero attached hydrogens (tertiary/aromatic N) is 2. The molecule has 0 bridgehead atoms. The molecule has 1 aromatic carbocycles. The maximum Gasteiger partial charge on any atom is 0.573 e. The average Bonchev–Trinajstić information content (AvgIpc) is 2.45. The van der Waals surface area contributed by atoms with Crippen molar-refractivity contribution < 1.29 is 28.4 Å². The second-order valence-electron chi connectivity index (χ2n) is 6.19. The number of anilines is 1. The maximum absolute atomic E-state index is 12.1. The fraction of sp³-hybridized carbons (Fsp3) is 0.312. The molecule has 1 aromatic heterocycles. The average molecular weight is 357 g/mol. The molecule has 0 aliphatic carbocycles. The largest absolute Gasteiger partial charge is 0.573 e. The lowest BCUT2D eigenvalue weighted by Crippen LogP contribution is -2.67. The highest BCUT2D eigenvalue weighted by molar-refractivity contribution is 6.02. The first-order valence-corrected chi connectivity index (χ1v) is 7.22. The van der Waals surface area contributed by atoms with Gasteiger partial charge in [0.25, 0.3) is 5.91 Å². The van der Waals surface area contributed by atoms with Crippen molar-refractivity contribution in [2.75, 3.05) is 5.32 Å². The summed E-state index contributed by atoms with van der Waals surface area (Å²) in [5, 5.41) is 2.41. The van der Waals surface area contributed by atoms with Crippen LogP contribution >= 0.6 is 0 Å². The number of alkyl halides is 3. The van der Waals surface area contributed by atoms with Gasteiger partial charge in [-0.1, -0.05) is 6.07 Å². The van der Waals surface area contributed by atoms with E-state index in [2.05, 4.69) is 46.5 Å². The maximum atomic E-state index is 12.1. The number of hydrogen-bond acceptors (Lipinski definition) is 4. The van der Waals surface area contributed by atoms with Gasteiger partial charge in [-0.15, -0.1) is 13.2 Å². The smallest absolute Gasteiger partial charge is 0.406 e. The number of carbonyl (C=O) groups is 1. The molecule has 4 N–H and O–H groups in total. The lowest BCUT2D eigenvalue weighted by Gasteiger charge is -2.10. The van der Waals surface area contributed by atoms with E-state index in [1.165, 1.54) is 30.7 Å². The van der Waals surface area contributed by atoms with Crippen LogP contribution in [-0.2, 0) is 0 Å². The zero-order chi connectivity index (χ0) is 19.1. The molecule has 0 fully saturated rings. The lowest BCUT2D eigenvalue weighted by atomic mass is 10.1. The van der Waals surface area contributed by atoms with Crippen LogP contribution in [0.5, 0.6) is 5.75 Å². The van der Waals surface area contributed by atoms with E-state index in [0.717, 1.165) is 12.1 Å². The van der Waals surface area contributed by atoms with Crippen LogP contribution in [0, 0.1) is 0 Å². The summed E-state index contributed by atoms with van der Waals surface area (Å²) in [6.45, 7) is 6.23. The standard InChI is InChI=1S/C12H8F3N3O2.C4H11N/c13-12(14,15)20-9-3-1-2-8(6-9)18-11(19)10-4-5-16-7-17-10;1-4(2,3)5/h1-7H,(H,18,19);5H2,1-3H3/p+1. The van der Waals surface area contributed by atoms with E-state index in [1.807, 2.05) is 0 Å². The zero-order valence-corrected chi connectivity index (χ0v) is 14.1. The Bertz CT molecular complexity index is 680. The van der Waals surface area contributed by atoms with Gasteiger partial charge in [-0.05, 0) is 39.0 Å². The van der Waals surface area contributed by atoms with Gasteiger partial charge in [0.1, 0.15) is 17.8 Å². The van der Waals surface area contributed by atoms with Crippen molar-refractivity contribution in [1.29, 1.82) is 0 Å². The Morgan fingerprint density at radius 1 is 1.20 bits per heavy atom. The fourth-order valence-corrected chi connectivity index (χ4v) is 1.39. The molecule has 136 valence electrons. The number of halogens is 3. The molecule has 0 atom stereocenters. The molecule has 2 aromatic rings. The molecular formula is C16H20F3N4O2+. The normalized spacial score (nSPS) is 11.2. The highest BCUT2D eigenvalue weighted by Crippen LogP contribution is 2.25. The molecule has 0 aliphatic heterocycles. The minimum absolute atomic E-state index is 0.0992. The summed E-state index contributed by atoms with van der Waals surface area (Å²) in [5.74, 6) is -0.977. The van der Waals surface area contributed by atoms with Crippen LogP contribution in [0.3, 0.4) is 0 Å². The van der Waals surface area contributed by atoms with Crippen LogP contribution in [-0.4, -0.2) is 27.8 Å². The Kier molecular flexibility index (Phi) is 6.86. The van der Waals surface area contributed by atoms with E-state index >= 15 is 0 Å². The van der Waals surface area contributed by atoms with Crippen LogP contribution in [0.1, 0.15) is 31.3 Å². The molecule has 0 unspecified atom stereocenters. The molecule has 9 heteroatoms. The SMILES string of the molecule is CC(C)(C)[NH3+].O=C(Nc1cccc(OC(F)(F)F)c1)c1ccncn1. The lowest BCUT2D eigenvalue weighted by molar-refractivity contribution is -0.458. The molecule has 1 amide bonds. The third-order valence-electron chi connectivity index (χ3n) is 2.14. The third kappa shape index (κ3) is 9.92. The summed E-state index contributed by atoms with van der Waals surface area (Å²) in [4.78, 5) is 19.1. The fourth-order valence-electron chi connectivity index (χ4n) is 1.39. The predicted octanol–water partition coefficient (Wildman–Crippen LogP) is 2.65. The summed E-state index contributed by atoms with van der Waals surface area (Å²) in [6, 6.07) is 6.34. The van der Waals surface area contributed by atoms with Crippen molar-refractivity contribution in [3.63, 3.8) is 0 Å². The van der Waals surface area contributed by atoms with E-state index in [9.17, 15) is 18.0 Å². The van der Waals surface area contributed by atoms with E-state index in [-0.39, 0.29) is 16.9 Å². The van der Waals surface area contributed by atoms with Crippen molar-refractivity contribution >= 4 is 11.6 Å². The minimum atomic E-state index is -4.78. The van der Waals surface area contributed by atoms with Crippen molar-refractivity contribution in [3.05, 3.63) is 48.5 Å². The zero-order valence-electron chi connectivity index (χ0n) is 14.1. The van der Waals surface area contributed by atoms with E-state index in [4.69, 9.17) is 0 Å². The van der Waals surface area contributed by atoms with Gasteiger partial charge in [0.15, 0.2) is 0 Å².